The summed E-state index contributed by atoms with van der Waals surface area (Å²) in [5, 5.41) is 9.97. The first kappa shape index (κ1) is 12.0. The van der Waals surface area contributed by atoms with Gasteiger partial charge in [-0.2, -0.15) is 0 Å². The Labute approximate surface area is 91.2 Å². The van der Waals surface area contributed by atoms with Crippen molar-refractivity contribution in [2.45, 2.75) is 26.6 Å². The maximum absolute atomic E-state index is 9.97. The number of aliphatic hydroxyl groups is 1. The Morgan fingerprint density at radius 2 is 2.07 bits per heavy atom. The number of aliphatic hydroxyl groups excluding tert-OH is 1. The van der Waals surface area contributed by atoms with Gasteiger partial charge in [-0.15, -0.1) is 0 Å². The van der Waals surface area contributed by atoms with E-state index in [1.165, 1.54) is 0 Å². The molecule has 1 aromatic carbocycles. The minimum Gasteiger partial charge on any atom is -0.384 e. The Morgan fingerprint density at radius 3 is 2.67 bits per heavy atom. The summed E-state index contributed by atoms with van der Waals surface area (Å²) < 4.78 is 5.09. The van der Waals surface area contributed by atoms with E-state index in [-0.39, 0.29) is 0 Å². The third-order valence-electron chi connectivity index (χ3n) is 2.16. The SMILES string of the molecule is COCc1ccccc1C(O)C=C(C)C. The summed E-state index contributed by atoms with van der Waals surface area (Å²) in [4.78, 5) is 0. The van der Waals surface area contributed by atoms with Crippen molar-refractivity contribution in [3.8, 4) is 0 Å². The predicted molar refractivity (Wildman–Crippen MR) is 61.5 cm³/mol. The van der Waals surface area contributed by atoms with Crippen molar-refractivity contribution >= 4 is 0 Å². The molecule has 1 unspecified atom stereocenters. The Hall–Kier alpha value is -1.12. The first-order chi connectivity index (χ1) is 7.15. The van der Waals surface area contributed by atoms with Crippen molar-refractivity contribution in [3.63, 3.8) is 0 Å². The van der Waals surface area contributed by atoms with Crippen LogP contribution in [-0.4, -0.2) is 12.2 Å². The van der Waals surface area contributed by atoms with Crippen LogP contribution in [0.3, 0.4) is 0 Å². The normalized spacial score (nSPS) is 12.3. The van der Waals surface area contributed by atoms with Crippen LogP contribution in [0, 0.1) is 0 Å². The highest BCUT2D eigenvalue weighted by atomic mass is 16.5. The lowest BCUT2D eigenvalue weighted by atomic mass is 10.0. The number of ether oxygens (including phenoxy) is 1. The first-order valence-corrected chi connectivity index (χ1v) is 5.05. The number of rotatable bonds is 4. The van der Waals surface area contributed by atoms with Crippen molar-refractivity contribution in [2.24, 2.45) is 0 Å². The van der Waals surface area contributed by atoms with Gasteiger partial charge in [-0.25, -0.2) is 0 Å². The van der Waals surface area contributed by atoms with E-state index < -0.39 is 6.10 Å². The highest BCUT2D eigenvalue weighted by molar-refractivity contribution is 5.31. The van der Waals surface area contributed by atoms with Crippen LogP contribution in [0.2, 0.25) is 0 Å². The van der Waals surface area contributed by atoms with Gasteiger partial charge >= 0.3 is 0 Å². The monoisotopic (exact) mass is 206 g/mol. The lowest BCUT2D eigenvalue weighted by molar-refractivity contribution is 0.177. The molecule has 1 aromatic rings. The zero-order valence-electron chi connectivity index (χ0n) is 9.53. The smallest absolute Gasteiger partial charge is 0.0977 e. The van der Waals surface area contributed by atoms with Gasteiger partial charge in [-0.3, -0.25) is 0 Å². The molecule has 1 atom stereocenters. The summed E-state index contributed by atoms with van der Waals surface area (Å²) in [5.74, 6) is 0. The molecular formula is C13H18O2. The molecule has 15 heavy (non-hydrogen) atoms. The molecule has 0 bridgehead atoms. The third kappa shape index (κ3) is 3.50. The van der Waals surface area contributed by atoms with E-state index in [0.29, 0.717) is 6.61 Å². The molecule has 82 valence electrons. The topological polar surface area (TPSA) is 29.5 Å². The quantitative estimate of drug-likeness (QED) is 0.767. The molecule has 2 heteroatoms. The van der Waals surface area contributed by atoms with Crippen molar-refractivity contribution < 1.29 is 9.84 Å². The largest absolute Gasteiger partial charge is 0.384 e. The maximum Gasteiger partial charge on any atom is 0.0977 e. The van der Waals surface area contributed by atoms with Crippen LogP contribution in [0.1, 0.15) is 31.1 Å². The van der Waals surface area contributed by atoms with E-state index in [4.69, 9.17) is 4.74 Å². The van der Waals surface area contributed by atoms with Crippen LogP contribution < -0.4 is 0 Å². The molecule has 1 N–H and O–H groups in total. The second-order valence-corrected chi connectivity index (χ2v) is 3.82. The molecule has 0 heterocycles. The van der Waals surface area contributed by atoms with Crippen LogP contribution in [0.4, 0.5) is 0 Å². The van der Waals surface area contributed by atoms with Gasteiger partial charge < -0.3 is 9.84 Å². The molecule has 0 saturated carbocycles. The minimum absolute atomic E-state index is 0.532. The minimum atomic E-state index is -0.540. The molecule has 0 aliphatic heterocycles. The molecule has 0 aliphatic carbocycles. The second-order valence-electron chi connectivity index (χ2n) is 3.82. The van der Waals surface area contributed by atoms with E-state index in [9.17, 15) is 5.11 Å². The molecule has 2 nitrogen and oxygen atoms in total. The lowest BCUT2D eigenvalue weighted by Gasteiger charge is -2.12. The van der Waals surface area contributed by atoms with E-state index in [1.807, 2.05) is 44.2 Å². The van der Waals surface area contributed by atoms with E-state index in [1.54, 1.807) is 7.11 Å². The third-order valence-corrected chi connectivity index (χ3v) is 2.16. The molecule has 0 fully saturated rings. The summed E-state index contributed by atoms with van der Waals surface area (Å²) in [6.45, 7) is 4.48. The highest BCUT2D eigenvalue weighted by Crippen LogP contribution is 2.20. The van der Waals surface area contributed by atoms with Gasteiger partial charge in [0.25, 0.3) is 0 Å². The fraction of sp³-hybridized carbons (Fsp3) is 0.385. The maximum atomic E-state index is 9.97. The molecule has 0 radical (unpaired) electrons. The van der Waals surface area contributed by atoms with Crippen LogP contribution in [-0.2, 0) is 11.3 Å². The van der Waals surface area contributed by atoms with Crippen molar-refractivity contribution in [3.05, 3.63) is 47.0 Å². The zero-order chi connectivity index (χ0) is 11.3. The van der Waals surface area contributed by atoms with Gasteiger partial charge in [-0.1, -0.05) is 35.9 Å². The fourth-order valence-corrected chi connectivity index (χ4v) is 1.52. The average Bonchev–Trinajstić information content (AvgIpc) is 2.18. The Kier molecular flexibility index (Phi) is 4.53. The number of methoxy groups -OCH3 is 1. The summed E-state index contributed by atoms with van der Waals surface area (Å²) in [5.41, 5.74) is 3.06. The van der Waals surface area contributed by atoms with Crippen LogP contribution >= 0.6 is 0 Å². The van der Waals surface area contributed by atoms with E-state index >= 15 is 0 Å². The lowest BCUT2D eigenvalue weighted by Crippen LogP contribution is -2.00. The van der Waals surface area contributed by atoms with E-state index in [2.05, 4.69) is 0 Å². The Bertz CT molecular complexity index is 338. The standard InChI is InChI=1S/C13H18O2/c1-10(2)8-13(14)12-7-5-4-6-11(12)9-15-3/h4-8,13-14H,9H2,1-3H3. The highest BCUT2D eigenvalue weighted by Gasteiger charge is 2.08. The number of allylic oxidation sites excluding steroid dienone is 1. The van der Waals surface area contributed by atoms with Crippen LogP contribution in [0.25, 0.3) is 0 Å². The first-order valence-electron chi connectivity index (χ1n) is 5.05. The fourth-order valence-electron chi connectivity index (χ4n) is 1.52. The molecule has 0 spiro atoms. The van der Waals surface area contributed by atoms with Crippen molar-refractivity contribution in [1.82, 2.24) is 0 Å². The molecule has 1 rings (SSSR count). The van der Waals surface area contributed by atoms with Gasteiger partial charge in [0.05, 0.1) is 12.7 Å². The molecule has 0 amide bonds. The molecule has 0 aromatic heterocycles. The molecule has 0 aliphatic rings. The molecular weight excluding hydrogens is 188 g/mol. The predicted octanol–water partition coefficient (Wildman–Crippen LogP) is 2.83. The summed E-state index contributed by atoms with van der Waals surface area (Å²) in [6, 6.07) is 7.78. The van der Waals surface area contributed by atoms with Gasteiger partial charge in [-0.05, 0) is 25.0 Å². The summed E-state index contributed by atoms with van der Waals surface area (Å²) >= 11 is 0. The van der Waals surface area contributed by atoms with Crippen LogP contribution in [0.15, 0.2) is 35.9 Å². The number of benzene rings is 1. The Balaban J connectivity index is 2.96. The Morgan fingerprint density at radius 1 is 1.40 bits per heavy atom. The van der Waals surface area contributed by atoms with E-state index in [0.717, 1.165) is 16.7 Å². The average molecular weight is 206 g/mol. The summed E-state index contributed by atoms with van der Waals surface area (Å²) in [6.07, 6.45) is 1.30. The summed E-state index contributed by atoms with van der Waals surface area (Å²) in [7, 11) is 1.66. The van der Waals surface area contributed by atoms with Crippen molar-refractivity contribution in [2.75, 3.05) is 7.11 Å². The van der Waals surface area contributed by atoms with Gasteiger partial charge in [0.2, 0.25) is 0 Å². The van der Waals surface area contributed by atoms with Gasteiger partial charge in [0.1, 0.15) is 0 Å². The second kappa shape index (κ2) is 5.69. The van der Waals surface area contributed by atoms with Crippen LogP contribution in [0.5, 0.6) is 0 Å². The van der Waals surface area contributed by atoms with Gasteiger partial charge in [0.15, 0.2) is 0 Å². The van der Waals surface area contributed by atoms with Crippen molar-refractivity contribution in [1.29, 1.82) is 0 Å². The molecule has 0 saturated heterocycles. The number of hydrogen-bond donors (Lipinski definition) is 1. The number of hydrogen-bond acceptors (Lipinski definition) is 2. The zero-order valence-corrected chi connectivity index (χ0v) is 9.53. The van der Waals surface area contributed by atoms with Gasteiger partial charge in [0, 0.05) is 7.11 Å².